The second kappa shape index (κ2) is 9.73. The summed E-state index contributed by atoms with van der Waals surface area (Å²) in [4.78, 5) is 22.8. The zero-order chi connectivity index (χ0) is 22.3. The number of hydrogen-bond acceptors (Lipinski definition) is 7. The largest absolute Gasteiger partial charge is 0.378 e. The Balaban J connectivity index is 1.61. The lowest BCUT2D eigenvalue weighted by molar-refractivity contribution is -0.111. The lowest BCUT2D eigenvalue weighted by Gasteiger charge is -2.29. The van der Waals surface area contributed by atoms with Crippen LogP contribution in [0.1, 0.15) is 5.69 Å². The molecule has 1 aromatic heterocycles. The SMILES string of the molecule is C=CC(=O)Nc1cccc(-c2cc(C#N)nc(Nc3cccc(N4CCOCC4)c3)n2)c1. The molecule has 0 bridgehead atoms. The lowest BCUT2D eigenvalue weighted by Crippen LogP contribution is -2.36. The summed E-state index contributed by atoms with van der Waals surface area (Å²) in [6, 6.07) is 18.9. The zero-order valence-corrected chi connectivity index (χ0v) is 17.4. The Hall–Kier alpha value is -4.22. The van der Waals surface area contributed by atoms with Gasteiger partial charge in [-0.2, -0.15) is 5.26 Å². The highest BCUT2D eigenvalue weighted by atomic mass is 16.5. The molecule has 1 amide bonds. The van der Waals surface area contributed by atoms with Gasteiger partial charge in [-0.15, -0.1) is 0 Å². The molecular weight excluding hydrogens is 404 g/mol. The van der Waals surface area contributed by atoms with Gasteiger partial charge < -0.3 is 20.3 Å². The molecule has 0 atom stereocenters. The summed E-state index contributed by atoms with van der Waals surface area (Å²) in [7, 11) is 0. The van der Waals surface area contributed by atoms with E-state index in [1.807, 2.05) is 24.3 Å². The number of aromatic nitrogens is 2. The van der Waals surface area contributed by atoms with Crippen molar-refractivity contribution in [2.75, 3.05) is 41.8 Å². The van der Waals surface area contributed by atoms with Crippen molar-refractivity contribution in [3.8, 4) is 17.3 Å². The molecule has 8 nitrogen and oxygen atoms in total. The summed E-state index contributed by atoms with van der Waals surface area (Å²) in [6.45, 7) is 6.56. The highest BCUT2D eigenvalue weighted by molar-refractivity contribution is 5.99. The topological polar surface area (TPSA) is 103 Å². The van der Waals surface area contributed by atoms with Crippen LogP contribution in [0.2, 0.25) is 0 Å². The second-order valence-corrected chi connectivity index (χ2v) is 7.12. The van der Waals surface area contributed by atoms with Gasteiger partial charge in [0.2, 0.25) is 11.9 Å². The summed E-state index contributed by atoms with van der Waals surface area (Å²) in [5, 5.41) is 15.4. The van der Waals surface area contributed by atoms with Gasteiger partial charge in [-0.25, -0.2) is 9.97 Å². The van der Waals surface area contributed by atoms with E-state index in [1.54, 1.807) is 24.3 Å². The van der Waals surface area contributed by atoms with E-state index in [4.69, 9.17) is 4.74 Å². The summed E-state index contributed by atoms with van der Waals surface area (Å²) < 4.78 is 5.43. The molecule has 160 valence electrons. The number of anilines is 4. The minimum atomic E-state index is -0.301. The number of nitrogens with one attached hydrogen (secondary N) is 2. The molecule has 0 saturated carbocycles. The summed E-state index contributed by atoms with van der Waals surface area (Å²) in [5.74, 6) is 0.0174. The Kier molecular flexibility index (Phi) is 6.39. The first-order valence-electron chi connectivity index (χ1n) is 10.2. The second-order valence-electron chi connectivity index (χ2n) is 7.12. The van der Waals surface area contributed by atoms with Crippen LogP contribution in [-0.4, -0.2) is 42.2 Å². The fraction of sp³-hybridized carbons (Fsp3) is 0.167. The van der Waals surface area contributed by atoms with Gasteiger partial charge in [0.05, 0.1) is 18.9 Å². The maximum absolute atomic E-state index is 11.6. The number of carbonyl (C=O) groups is 1. The molecule has 0 radical (unpaired) electrons. The van der Waals surface area contributed by atoms with Gasteiger partial charge in [-0.05, 0) is 36.4 Å². The molecular formula is C24H22N6O2. The number of carbonyl (C=O) groups excluding carboxylic acids is 1. The van der Waals surface area contributed by atoms with Crippen LogP contribution in [0.4, 0.5) is 23.0 Å². The van der Waals surface area contributed by atoms with E-state index in [-0.39, 0.29) is 11.6 Å². The highest BCUT2D eigenvalue weighted by Crippen LogP contribution is 2.26. The minimum absolute atomic E-state index is 0.238. The Morgan fingerprint density at radius 3 is 2.66 bits per heavy atom. The van der Waals surface area contributed by atoms with Crippen LogP contribution in [0.5, 0.6) is 0 Å². The van der Waals surface area contributed by atoms with Crippen LogP contribution in [0.15, 0.2) is 67.3 Å². The Morgan fingerprint density at radius 2 is 1.88 bits per heavy atom. The molecule has 4 rings (SSSR count). The van der Waals surface area contributed by atoms with Crippen molar-refractivity contribution in [1.29, 1.82) is 5.26 Å². The van der Waals surface area contributed by atoms with Crippen molar-refractivity contribution in [2.45, 2.75) is 0 Å². The van der Waals surface area contributed by atoms with Gasteiger partial charge >= 0.3 is 0 Å². The van der Waals surface area contributed by atoms with Crippen molar-refractivity contribution < 1.29 is 9.53 Å². The Bertz CT molecular complexity index is 1180. The lowest BCUT2D eigenvalue weighted by atomic mass is 10.1. The fourth-order valence-electron chi connectivity index (χ4n) is 3.39. The molecule has 1 saturated heterocycles. The van der Waals surface area contributed by atoms with Gasteiger partial charge in [-0.3, -0.25) is 4.79 Å². The standard InChI is InChI=1S/C24H22N6O2/c1-2-23(31)26-18-6-3-5-17(13-18)22-15-20(16-25)28-24(29-22)27-19-7-4-8-21(14-19)30-9-11-32-12-10-30/h2-8,13-15H,1,9-12H2,(H,26,31)(H,27,28,29). The summed E-state index contributed by atoms with van der Waals surface area (Å²) >= 11 is 0. The van der Waals surface area contributed by atoms with Crippen molar-refractivity contribution in [2.24, 2.45) is 0 Å². The third kappa shape index (κ3) is 5.09. The predicted octanol–water partition coefficient (Wildman–Crippen LogP) is 3.72. The quantitative estimate of drug-likeness (QED) is 0.579. The normalized spacial score (nSPS) is 13.2. The van der Waals surface area contributed by atoms with E-state index in [0.29, 0.717) is 30.5 Å². The van der Waals surface area contributed by atoms with E-state index < -0.39 is 0 Å². The van der Waals surface area contributed by atoms with Gasteiger partial charge in [0.25, 0.3) is 0 Å². The number of amides is 1. The highest BCUT2D eigenvalue weighted by Gasteiger charge is 2.13. The fourth-order valence-corrected chi connectivity index (χ4v) is 3.39. The molecule has 0 spiro atoms. The molecule has 0 aliphatic carbocycles. The van der Waals surface area contributed by atoms with Gasteiger partial charge in [-0.1, -0.05) is 24.8 Å². The van der Waals surface area contributed by atoms with E-state index in [2.05, 4.69) is 44.2 Å². The number of rotatable bonds is 6. The number of nitrogens with zero attached hydrogens (tertiary/aromatic N) is 4. The molecule has 2 heterocycles. The molecule has 8 heteroatoms. The maximum atomic E-state index is 11.6. The van der Waals surface area contributed by atoms with Crippen LogP contribution in [0, 0.1) is 11.3 Å². The summed E-state index contributed by atoms with van der Waals surface area (Å²) in [5.41, 5.74) is 4.07. The van der Waals surface area contributed by atoms with Crippen LogP contribution in [-0.2, 0) is 9.53 Å². The molecule has 1 aliphatic rings. The average molecular weight is 426 g/mol. The molecule has 2 N–H and O–H groups in total. The monoisotopic (exact) mass is 426 g/mol. The summed E-state index contributed by atoms with van der Waals surface area (Å²) in [6.07, 6.45) is 1.21. The third-order valence-corrected chi connectivity index (χ3v) is 4.93. The van der Waals surface area contributed by atoms with Crippen LogP contribution in [0.3, 0.4) is 0 Å². The number of ether oxygens (including phenoxy) is 1. The van der Waals surface area contributed by atoms with Gasteiger partial charge in [0.15, 0.2) is 0 Å². The number of nitriles is 1. The van der Waals surface area contributed by atoms with Crippen molar-refractivity contribution in [3.05, 3.63) is 72.9 Å². The average Bonchev–Trinajstić information content (AvgIpc) is 2.84. The van der Waals surface area contributed by atoms with E-state index in [1.165, 1.54) is 6.08 Å². The molecule has 2 aromatic carbocycles. The maximum Gasteiger partial charge on any atom is 0.247 e. The molecule has 1 aliphatic heterocycles. The van der Waals surface area contributed by atoms with Crippen molar-refractivity contribution in [3.63, 3.8) is 0 Å². The molecule has 32 heavy (non-hydrogen) atoms. The number of hydrogen-bond donors (Lipinski definition) is 2. The first-order valence-corrected chi connectivity index (χ1v) is 10.2. The molecule has 0 unspecified atom stereocenters. The van der Waals surface area contributed by atoms with Crippen LogP contribution < -0.4 is 15.5 Å². The van der Waals surface area contributed by atoms with E-state index >= 15 is 0 Å². The number of benzene rings is 2. The van der Waals surface area contributed by atoms with Crippen molar-refractivity contribution in [1.82, 2.24) is 9.97 Å². The minimum Gasteiger partial charge on any atom is -0.378 e. The predicted molar refractivity (Wildman–Crippen MR) is 124 cm³/mol. The van der Waals surface area contributed by atoms with E-state index in [0.717, 1.165) is 30.0 Å². The Labute approximate surface area is 186 Å². The van der Waals surface area contributed by atoms with Gasteiger partial charge in [0, 0.05) is 41.8 Å². The number of morpholine rings is 1. The Morgan fingerprint density at radius 1 is 1.09 bits per heavy atom. The smallest absolute Gasteiger partial charge is 0.247 e. The van der Waals surface area contributed by atoms with Crippen LogP contribution >= 0.6 is 0 Å². The first-order chi connectivity index (χ1) is 15.6. The zero-order valence-electron chi connectivity index (χ0n) is 17.4. The molecule has 1 fully saturated rings. The molecule has 3 aromatic rings. The van der Waals surface area contributed by atoms with Gasteiger partial charge in [0.1, 0.15) is 11.8 Å². The first kappa shape index (κ1) is 21.0. The van der Waals surface area contributed by atoms with E-state index in [9.17, 15) is 10.1 Å². The third-order valence-electron chi connectivity index (χ3n) is 4.93. The van der Waals surface area contributed by atoms with Crippen molar-refractivity contribution >= 4 is 28.9 Å². The van der Waals surface area contributed by atoms with Crippen LogP contribution in [0.25, 0.3) is 11.3 Å².